The van der Waals surface area contributed by atoms with Gasteiger partial charge in [0.1, 0.15) is 5.75 Å². The smallest absolute Gasteiger partial charge is 0.255 e. The molecule has 2 N–H and O–H groups in total. The van der Waals surface area contributed by atoms with Crippen LogP contribution >= 0.6 is 15.9 Å². The molecular weight excluding hydrogens is 282 g/mol. The number of phenols is 1. The number of aryl methyl sites for hydroxylation is 1. The molecule has 4 heteroatoms. The van der Waals surface area contributed by atoms with Crippen LogP contribution in [-0.4, -0.2) is 22.4 Å². The van der Waals surface area contributed by atoms with Crippen molar-refractivity contribution in [1.82, 2.24) is 5.32 Å². The van der Waals surface area contributed by atoms with Crippen molar-refractivity contribution < 1.29 is 9.90 Å². The lowest BCUT2D eigenvalue weighted by atomic mass is 10.1. The number of rotatable bonds is 5. The number of hydrogen-bond donors (Lipinski definition) is 2. The van der Waals surface area contributed by atoms with Crippen LogP contribution in [0.25, 0.3) is 0 Å². The van der Waals surface area contributed by atoms with E-state index in [9.17, 15) is 9.90 Å². The van der Waals surface area contributed by atoms with Crippen molar-refractivity contribution in [3.63, 3.8) is 0 Å². The first kappa shape index (κ1) is 14.0. The van der Waals surface area contributed by atoms with Gasteiger partial charge in [0.2, 0.25) is 0 Å². The molecule has 0 aliphatic carbocycles. The molecule has 0 fully saturated rings. The molecule has 3 nitrogen and oxygen atoms in total. The Morgan fingerprint density at radius 3 is 2.88 bits per heavy atom. The topological polar surface area (TPSA) is 49.3 Å². The van der Waals surface area contributed by atoms with Gasteiger partial charge in [-0.1, -0.05) is 41.4 Å². The minimum absolute atomic E-state index is 0.0617. The Morgan fingerprint density at radius 2 is 2.24 bits per heavy atom. The molecule has 0 radical (unpaired) electrons. The SMILES string of the molecule is CCCC(Br)CNC(=O)c1cccc(C)c1O. The quantitative estimate of drug-likeness (QED) is 0.821. The first-order valence-corrected chi connectivity index (χ1v) is 6.68. The minimum Gasteiger partial charge on any atom is -0.507 e. The Labute approximate surface area is 110 Å². The molecule has 0 aliphatic heterocycles. The first-order valence-electron chi connectivity index (χ1n) is 5.77. The van der Waals surface area contributed by atoms with E-state index in [2.05, 4.69) is 28.2 Å². The number of amides is 1. The second kappa shape index (κ2) is 6.64. The molecular formula is C13H18BrNO2. The van der Waals surface area contributed by atoms with Crippen molar-refractivity contribution in [3.8, 4) is 5.75 Å². The van der Waals surface area contributed by atoms with Crippen LogP contribution in [0.3, 0.4) is 0 Å². The number of para-hydroxylation sites is 1. The van der Waals surface area contributed by atoms with Crippen LogP contribution in [0, 0.1) is 6.92 Å². The fraction of sp³-hybridized carbons (Fsp3) is 0.462. The lowest BCUT2D eigenvalue weighted by molar-refractivity contribution is 0.0951. The maximum atomic E-state index is 11.8. The lowest BCUT2D eigenvalue weighted by Gasteiger charge is -2.11. The van der Waals surface area contributed by atoms with Crippen molar-refractivity contribution in [2.45, 2.75) is 31.5 Å². The summed E-state index contributed by atoms with van der Waals surface area (Å²) in [6.07, 6.45) is 2.08. The van der Waals surface area contributed by atoms with Crippen LogP contribution < -0.4 is 5.32 Å². The highest BCUT2D eigenvalue weighted by Crippen LogP contribution is 2.21. The molecule has 94 valence electrons. The summed E-state index contributed by atoms with van der Waals surface area (Å²) in [6.45, 7) is 4.44. The van der Waals surface area contributed by atoms with Gasteiger partial charge in [-0.3, -0.25) is 4.79 Å². The van der Waals surface area contributed by atoms with E-state index in [1.54, 1.807) is 25.1 Å². The van der Waals surface area contributed by atoms with Gasteiger partial charge in [-0.2, -0.15) is 0 Å². The molecule has 0 aromatic heterocycles. The normalized spacial score (nSPS) is 12.2. The van der Waals surface area contributed by atoms with Gasteiger partial charge < -0.3 is 10.4 Å². The largest absolute Gasteiger partial charge is 0.507 e. The number of carbonyl (C=O) groups is 1. The lowest BCUT2D eigenvalue weighted by Crippen LogP contribution is -2.29. The van der Waals surface area contributed by atoms with Gasteiger partial charge in [0.05, 0.1) is 5.56 Å². The monoisotopic (exact) mass is 299 g/mol. The molecule has 0 heterocycles. The number of aromatic hydroxyl groups is 1. The van der Waals surface area contributed by atoms with E-state index in [1.165, 1.54) is 0 Å². The summed E-state index contributed by atoms with van der Waals surface area (Å²) in [5.41, 5.74) is 1.04. The number of carbonyl (C=O) groups excluding carboxylic acids is 1. The number of halogens is 1. The Bertz CT molecular complexity index is 393. The molecule has 0 saturated heterocycles. The molecule has 0 spiro atoms. The van der Waals surface area contributed by atoms with E-state index >= 15 is 0 Å². The summed E-state index contributed by atoms with van der Waals surface area (Å²) >= 11 is 3.49. The fourth-order valence-corrected chi connectivity index (χ4v) is 2.18. The van der Waals surface area contributed by atoms with Crippen molar-refractivity contribution >= 4 is 21.8 Å². The zero-order valence-corrected chi connectivity index (χ0v) is 11.8. The van der Waals surface area contributed by atoms with Crippen LogP contribution in [-0.2, 0) is 0 Å². The number of benzene rings is 1. The van der Waals surface area contributed by atoms with E-state index in [4.69, 9.17) is 0 Å². The van der Waals surface area contributed by atoms with Crippen molar-refractivity contribution in [1.29, 1.82) is 0 Å². The third-order valence-electron chi connectivity index (χ3n) is 2.57. The maximum absolute atomic E-state index is 11.8. The first-order chi connectivity index (χ1) is 8.06. The van der Waals surface area contributed by atoms with Gasteiger partial charge in [-0.05, 0) is 25.0 Å². The molecule has 0 saturated carbocycles. The summed E-state index contributed by atoms with van der Waals surface area (Å²) in [5, 5.41) is 12.6. The van der Waals surface area contributed by atoms with Gasteiger partial charge in [0.15, 0.2) is 0 Å². The van der Waals surface area contributed by atoms with Gasteiger partial charge in [-0.25, -0.2) is 0 Å². The van der Waals surface area contributed by atoms with Crippen LogP contribution in [0.5, 0.6) is 5.75 Å². The average Bonchev–Trinajstić information content (AvgIpc) is 2.30. The van der Waals surface area contributed by atoms with Crippen molar-refractivity contribution in [2.75, 3.05) is 6.54 Å². The summed E-state index contributed by atoms with van der Waals surface area (Å²) < 4.78 is 0. The Hall–Kier alpha value is -1.03. The van der Waals surface area contributed by atoms with Crippen LogP contribution in [0.1, 0.15) is 35.7 Å². The number of phenolic OH excluding ortho intramolecular Hbond substituents is 1. The average molecular weight is 300 g/mol. The fourth-order valence-electron chi connectivity index (χ4n) is 1.56. The highest BCUT2D eigenvalue weighted by atomic mass is 79.9. The maximum Gasteiger partial charge on any atom is 0.255 e. The molecule has 1 atom stereocenters. The molecule has 1 unspecified atom stereocenters. The van der Waals surface area contributed by atoms with E-state index in [1.807, 2.05) is 0 Å². The van der Waals surface area contributed by atoms with Crippen molar-refractivity contribution in [2.24, 2.45) is 0 Å². The molecule has 0 aliphatic rings. The molecule has 1 aromatic carbocycles. The summed E-state index contributed by atoms with van der Waals surface area (Å²) in [4.78, 5) is 12.1. The standard InChI is InChI=1S/C13H18BrNO2/c1-3-5-10(14)8-15-13(17)11-7-4-6-9(2)12(11)16/h4,6-7,10,16H,3,5,8H2,1-2H3,(H,15,17). The zero-order valence-electron chi connectivity index (χ0n) is 10.2. The Balaban J connectivity index is 2.61. The molecule has 1 amide bonds. The van der Waals surface area contributed by atoms with Crippen LogP contribution in [0.2, 0.25) is 0 Å². The predicted molar refractivity (Wildman–Crippen MR) is 72.8 cm³/mol. The van der Waals surface area contributed by atoms with E-state index in [-0.39, 0.29) is 16.5 Å². The van der Waals surface area contributed by atoms with Crippen molar-refractivity contribution in [3.05, 3.63) is 29.3 Å². The van der Waals surface area contributed by atoms with E-state index < -0.39 is 0 Å². The van der Waals surface area contributed by atoms with Crippen LogP contribution in [0.4, 0.5) is 0 Å². The molecule has 1 rings (SSSR count). The molecule has 0 bridgehead atoms. The molecule has 1 aromatic rings. The number of nitrogens with one attached hydrogen (secondary N) is 1. The van der Waals surface area contributed by atoms with Gasteiger partial charge in [0, 0.05) is 11.4 Å². The molecule has 17 heavy (non-hydrogen) atoms. The highest BCUT2D eigenvalue weighted by molar-refractivity contribution is 9.09. The third kappa shape index (κ3) is 4.04. The summed E-state index contributed by atoms with van der Waals surface area (Å²) in [6, 6.07) is 5.17. The Kier molecular flexibility index (Phi) is 5.48. The van der Waals surface area contributed by atoms with Gasteiger partial charge in [-0.15, -0.1) is 0 Å². The van der Waals surface area contributed by atoms with Gasteiger partial charge in [0.25, 0.3) is 5.91 Å². The zero-order chi connectivity index (χ0) is 12.8. The second-order valence-electron chi connectivity index (χ2n) is 4.07. The summed E-state index contributed by atoms with van der Waals surface area (Å²) in [5.74, 6) is -0.168. The summed E-state index contributed by atoms with van der Waals surface area (Å²) in [7, 11) is 0. The highest BCUT2D eigenvalue weighted by Gasteiger charge is 2.13. The minimum atomic E-state index is -0.230. The third-order valence-corrected chi connectivity index (χ3v) is 3.35. The van der Waals surface area contributed by atoms with E-state index in [0.29, 0.717) is 17.7 Å². The number of alkyl halides is 1. The predicted octanol–water partition coefficient (Wildman–Crippen LogP) is 2.99. The number of hydrogen-bond acceptors (Lipinski definition) is 2. The van der Waals surface area contributed by atoms with Crippen LogP contribution in [0.15, 0.2) is 18.2 Å². The van der Waals surface area contributed by atoms with Gasteiger partial charge >= 0.3 is 0 Å². The van der Waals surface area contributed by atoms with E-state index in [0.717, 1.165) is 12.8 Å². The second-order valence-corrected chi connectivity index (χ2v) is 5.36. The Morgan fingerprint density at radius 1 is 1.53 bits per heavy atom.